The summed E-state index contributed by atoms with van der Waals surface area (Å²) in [5.74, 6) is -0.224. The van der Waals surface area contributed by atoms with Crippen LogP contribution >= 0.6 is 0 Å². The fraction of sp³-hybridized carbons (Fsp3) is 0.133. The third-order valence-electron chi connectivity index (χ3n) is 2.64. The van der Waals surface area contributed by atoms with E-state index < -0.39 is 0 Å². The number of rotatable bonds is 4. The second-order valence-corrected chi connectivity index (χ2v) is 3.92. The summed E-state index contributed by atoms with van der Waals surface area (Å²) in [5.41, 5.74) is 3.07. The summed E-state index contributed by atoms with van der Waals surface area (Å²) in [7, 11) is 1.89. The highest BCUT2D eigenvalue weighted by molar-refractivity contribution is 5.79. The van der Waals surface area contributed by atoms with Crippen molar-refractivity contribution in [1.82, 2.24) is 10.3 Å². The van der Waals surface area contributed by atoms with E-state index in [1.54, 1.807) is 18.3 Å². The predicted molar refractivity (Wildman–Crippen MR) is 71.6 cm³/mol. The highest BCUT2D eigenvalue weighted by Gasteiger charge is 2.04. The molecular formula is C15H15FN2. The molecule has 0 aliphatic carbocycles. The molecule has 3 heteroatoms. The van der Waals surface area contributed by atoms with Gasteiger partial charge in [0, 0.05) is 24.5 Å². The third kappa shape index (κ3) is 3.02. The van der Waals surface area contributed by atoms with Gasteiger partial charge in [-0.15, -0.1) is 0 Å². The lowest BCUT2D eigenvalue weighted by Crippen LogP contribution is -2.05. The number of hydrogen-bond donors (Lipinski definition) is 1. The van der Waals surface area contributed by atoms with Gasteiger partial charge in [-0.3, -0.25) is 4.98 Å². The first-order chi connectivity index (χ1) is 8.81. The lowest BCUT2D eigenvalue weighted by Gasteiger charge is -2.08. The minimum atomic E-state index is -0.224. The van der Waals surface area contributed by atoms with Crippen molar-refractivity contribution in [2.24, 2.45) is 0 Å². The zero-order valence-electron chi connectivity index (χ0n) is 10.2. The van der Waals surface area contributed by atoms with Crippen LogP contribution in [0.15, 0.2) is 54.9 Å². The van der Waals surface area contributed by atoms with E-state index in [1.165, 1.54) is 12.1 Å². The molecule has 0 atom stereocenters. The van der Waals surface area contributed by atoms with Crippen molar-refractivity contribution in [1.29, 1.82) is 0 Å². The molecule has 0 aliphatic rings. The standard InChI is InChI=1S/C15H15FN2/c1-17-10-8-15(13-3-2-9-18-11-13)12-4-6-14(16)7-5-12/h2-9,11,17H,10H2,1H3/b15-8+. The molecule has 2 aromatic rings. The summed E-state index contributed by atoms with van der Waals surface area (Å²) in [6.07, 6.45) is 5.62. The zero-order valence-corrected chi connectivity index (χ0v) is 10.2. The quantitative estimate of drug-likeness (QED) is 0.891. The summed E-state index contributed by atoms with van der Waals surface area (Å²) in [4.78, 5) is 4.12. The Labute approximate surface area is 106 Å². The number of pyridine rings is 1. The van der Waals surface area contributed by atoms with Crippen LogP contribution in [0.4, 0.5) is 4.39 Å². The van der Waals surface area contributed by atoms with Crippen LogP contribution in [0.5, 0.6) is 0 Å². The Morgan fingerprint density at radius 1 is 1.22 bits per heavy atom. The number of likely N-dealkylation sites (N-methyl/N-ethyl adjacent to an activating group) is 1. The van der Waals surface area contributed by atoms with Crippen LogP contribution in [-0.2, 0) is 0 Å². The van der Waals surface area contributed by atoms with Crippen LogP contribution in [0.3, 0.4) is 0 Å². The monoisotopic (exact) mass is 242 g/mol. The van der Waals surface area contributed by atoms with Crippen molar-refractivity contribution in [3.63, 3.8) is 0 Å². The summed E-state index contributed by atoms with van der Waals surface area (Å²) >= 11 is 0. The number of nitrogens with zero attached hydrogens (tertiary/aromatic N) is 1. The van der Waals surface area contributed by atoms with Gasteiger partial charge in [0.25, 0.3) is 0 Å². The van der Waals surface area contributed by atoms with Crippen molar-refractivity contribution < 1.29 is 4.39 Å². The Bertz CT molecular complexity index is 518. The largest absolute Gasteiger partial charge is 0.316 e. The number of halogens is 1. The average Bonchev–Trinajstić information content (AvgIpc) is 2.42. The Kier molecular flexibility index (Phi) is 4.20. The lowest BCUT2D eigenvalue weighted by atomic mass is 9.99. The van der Waals surface area contributed by atoms with Crippen molar-refractivity contribution >= 4 is 5.57 Å². The molecule has 1 aromatic carbocycles. The molecule has 1 heterocycles. The van der Waals surface area contributed by atoms with Gasteiger partial charge in [0.2, 0.25) is 0 Å². The molecule has 0 aliphatic heterocycles. The molecule has 0 spiro atoms. The van der Waals surface area contributed by atoms with Crippen LogP contribution in [0.1, 0.15) is 11.1 Å². The average molecular weight is 242 g/mol. The first-order valence-electron chi connectivity index (χ1n) is 5.82. The number of hydrogen-bond acceptors (Lipinski definition) is 2. The zero-order chi connectivity index (χ0) is 12.8. The van der Waals surface area contributed by atoms with Gasteiger partial charge < -0.3 is 5.32 Å². The van der Waals surface area contributed by atoms with Crippen molar-refractivity contribution in [3.05, 3.63) is 71.8 Å². The van der Waals surface area contributed by atoms with Gasteiger partial charge in [-0.25, -0.2) is 4.39 Å². The summed E-state index contributed by atoms with van der Waals surface area (Å²) in [6, 6.07) is 10.4. The molecule has 2 rings (SSSR count). The molecule has 0 amide bonds. The lowest BCUT2D eigenvalue weighted by molar-refractivity contribution is 0.627. The number of benzene rings is 1. The minimum absolute atomic E-state index is 0.224. The van der Waals surface area contributed by atoms with Gasteiger partial charge in [-0.2, -0.15) is 0 Å². The number of nitrogens with one attached hydrogen (secondary N) is 1. The molecule has 0 unspecified atom stereocenters. The molecule has 0 bridgehead atoms. The van der Waals surface area contributed by atoms with Crippen LogP contribution < -0.4 is 5.32 Å². The summed E-state index contributed by atoms with van der Waals surface area (Å²) in [5, 5.41) is 3.08. The Morgan fingerprint density at radius 2 is 2.00 bits per heavy atom. The van der Waals surface area contributed by atoms with Crippen molar-refractivity contribution in [2.45, 2.75) is 0 Å². The van der Waals surface area contributed by atoms with Crippen molar-refractivity contribution in [2.75, 3.05) is 13.6 Å². The second-order valence-electron chi connectivity index (χ2n) is 3.92. The third-order valence-corrected chi connectivity index (χ3v) is 2.64. The van der Waals surface area contributed by atoms with E-state index in [0.717, 1.165) is 23.2 Å². The Balaban J connectivity index is 2.40. The van der Waals surface area contributed by atoms with E-state index in [0.29, 0.717) is 0 Å². The van der Waals surface area contributed by atoms with Gasteiger partial charge in [-0.1, -0.05) is 24.3 Å². The first kappa shape index (κ1) is 12.5. The normalized spacial score (nSPS) is 11.6. The second kappa shape index (κ2) is 6.07. The Hall–Kier alpha value is -2.00. The van der Waals surface area contributed by atoms with Gasteiger partial charge in [0.1, 0.15) is 5.82 Å². The molecule has 18 heavy (non-hydrogen) atoms. The van der Waals surface area contributed by atoms with E-state index in [2.05, 4.69) is 16.4 Å². The maximum Gasteiger partial charge on any atom is 0.123 e. The molecular weight excluding hydrogens is 227 g/mol. The van der Waals surface area contributed by atoms with Crippen molar-refractivity contribution in [3.8, 4) is 0 Å². The van der Waals surface area contributed by atoms with Gasteiger partial charge in [-0.05, 0) is 36.4 Å². The van der Waals surface area contributed by atoms with Crippen LogP contribution in [0.2, 0.25) is 0 Å². The topological polar surface area (TPSA) is 24.9 Å². The molecule has 1 aromatic heterocycles. The summed E-state index contributed by atoms with van der Waals surface area (Å²) < 4.78 is 13.0. The summed E-state index contributed by atoms with van der Waals surface area (Å²) in [6.45, 7) is 0.752. The van der Waals surface area contributed by atoms with Gasteiger partial charge >= 0.3 is 0 Å². The molecule has 0 radical (unpaired) electrons. The Morgan fingerprint density at radius 3 is 2.61 bits per heavy atom. The van der Waals surface area contributed by atoms with E-state index in [-0.39, 0.29) is 5.82 Å². The fourth-order valence-electron chi connectivity index (χ4n) is 1.76. The molecule has 92 valence electrons. The van der Waals surface area contributed by atoms with Crippen LogP contribution in [0, 0.1) is 5.82 Å². The fourth-order valence-corrected chi connectivity index (χ4v) is 1.76. The van der Waals surface area contributed by atoms with E-state index in [9.17, 15) is 4.39 Å². The van der Waals surface area contributed by atoms with E-state index in [1.807, 2.05) is 25.4 Å². The smallest absolute Gasteiger partial charge is 0.123 e. The van der Waals surface area contributed by atoms with Gasteiger partial charge in [0.15, 0.2) is 0 Å². The highest BCUT2D eigenvalue weighted by Crippen LogP contribution is 2.22. The molecule has 0 fully saturated rings. The maximum atomic E-state index is 13.0. The first-order valence-corrected chi connectivity index (χ1v) is 5.82. The SMILES string of the molecule is CNC/C=C(\c1ccc(F)cc1)c1cccnc1. The highest BCUT2D eigenvalue weighted by atomic mass is 19.1. The minimum Gasteiger partial charge on any atom is -0.316 e. The van der Waals surface area contributed by atoms with Gasteiger partial charge in [0.05, 0.1) is 0 Å². The predicted octanol–water partition coefficient (Wildman–Crippen LogP) is 2.87. The molecule has 1 N–H and O–H groups in total. The molecule has 0 saturated heterocycles. The number of aromatic nitrogens is 1. The van der Waals surface area contributed by atoms with E-state index in [4.69, 9.17) is 0 Å². The maximum absolute atomic E-state index is 13.0. The van der Waals surface area contributed by atoms with Crippen LogP contribution in [0.25, 0.3) is 5.57 Å². The molecule has 2 nitrogen and oxygen atoms in total. The molecule has 0 saturated carbocycles. The van der Waals surface area contributed by atoms with Crippen LogP contribution in [-0.4, -0.2) is 18.6 Å². The van der Waals surface area contributed by atoms with E-state index >= 15 is 0 Å².